The van der Waals surface area contributed by atoms with E-state index >= 15 is 0 Å². The number of hydrogen-bond donors (Lipinski definition) is 6. The van der Waals surface area contributed by atoms with Crippen LogP contribution in [0.3, 0.4) is 0 Å². The van der Waals surface area contributed by atoms with Gasteiger partial charge in [0.05, 0.1) is 25.4 Å². The van der Waals surface area contributed by atoms with Crippen molar-refractivity contribution in [2.24, 2.45) is 0 Å². The van der Waals surface area contributed by atoms with Crippen molar-refractivity contribution in [2.75, 3.05) is 13.2 Å². The van der Waals surface area contributed by atoms with Gasteiger partial charge in [-0.3, -0.25) is 9.35 Å². The molecule has 1 aliphatic heterocycles. The third-order valence-corrected chi connectivity index (χ3v) is 16.8. The van der Waals surface area contributed by atoms with Gasteiger partial charge >= 0.3 is 10.4 Å². The van der Waals surface area contributed by atoms with Crippen molar-refractivity contribution >= 4 is 16.3 Å². The number of allylic oxidation sites excluding steroid dienone is 1. The van der Waals surface area contributed by atoms with Crippen LogP contribution >= 0.6 is 0 Å². The Labute approximate surface area is 480 Å². The van der Waals surface area contributed by atoms with Crippen LogP contribution in [0.25, 0.3) is 0 Å². The zero-order valence-corrected chi connectivity index (χ0v) is 51.6. The molecular formula is C65H127NO11S. The van der Waals surface area contributed by atoms with Crippen LogP contribution in [0, 0.1) is 0 Å². The topological polar surface area (TPSA) is 192 Å². The first kappa shape index (κ1) is 74.9. The summed E-state index contributed by atoms with van der Waals surface area (Å²) in [5, 5.41) is 45.1. The number of hydrogen-bond acceptors (Lipinski definition) is 10. The molecule has 0 radical (unpaired) electrons. The van der Waals surface area contributed by atoms with Crippen molar-refractivity contribution in [1.82, 2.24) is 5.32 Å². The fourth-order valence-electron chi connectivity index (χ4n) is 11.2. The molecule has 6 N–H and O–H groups in total. The largest absolute Gasteiger partial charge is 0.397 e. The van der Waals surface area contributed by atoms with Gasteiger partial charge in [-0.1, -0.05) is 328 Å². The van der Waals surface area contributed by atoms with Crippen molar-refractivity contribution < 1.29 is 51.8 Å². The van der Waals surface area contributed by atoms with E-state index in [0.29, 0.717) is 6.42 Å². The van der Waals surface area contributed by atoms with Crippen molar-refractivity contribution in [3.8, 4) is 0 Å². The maximum absolute atomic E-state index is 13.2. The molecule has 1 fully saturated rings. The SMILES string of the molecule is CCCCCCCCCCCCCCCCCCCCCCCCC/C=C/C(O)C(COC1OC(CO)C(O)C(OS(=O)(=O)O)C1O)NC(=O)CCCCCCCCCCCCCCCCCCCCCCCCCCCC. The number of nitrogens with one attached hydrogen (secondary N) is 1. The Balaban J connectivity index is 2.28. The molecule has 0 spiro atoms. The van der Waals surface area contributed by atoms with Gasteiger partial charge in [-0.2, -0.15) is 8.42 Å². The molecule has 1 amide bonds. The summed E-state index contributed by atoms with van der Waals surface area (Å²) in [7, 11) is -5.09. The molecule has 78 heavy (non-hydrogen) atoms. The Bertz CT molecular complexity index is 1420. The van der Waals surface area contributed by atoms with Gasteiger partial charge in [0.1, 0.15) is 24.4 Å². The van der Waals surface area contributed by atoms with Gasteiger partial charge < -0.3 is 35.2 Å². The summed E-state index contributed by atoms with van der Waals surface area (Å²) in [5.74, 6) is -0.253. The van der Waals surface area contributed by atoms with E-state index in [9.17, 15) is 38.2 Å². The minimum Gasteiger partial charge on any atom is -0.394 e. The van der Waals surface area contributed by atoms with Gasteiger partial charge in [0.2, 0.25) is 5.91 Å². The Morgan fingerprint density at radius 1 is 0.500 bits per heavy atom. The third-order valence-electron chi connectivity index (χ3n) is 16.3. The van der Waals surface area contributed by atoms with E-state index in [1.807, 2.05) is 6.08 Å². The highest BCUT2D eigenvalue weighted by Gasteiger charge is 2.48. The van der Waals surface area contributed by atoms with E-state index in [4.69, 9.17) is 9.47 Å². The molecule has 7 unspecified atom stereocenters. The number of carbonyl (C=O) groups excluding carboxylic acids is 1. The highest BCUT2D eigenvalue weighted by atomic mass is 32.3. The maximum Gasteiger partial charge on any atom is 0.397 e. The monoisotopic (exact) mass is 1130 g/mol. The average Bonchev–Trinajstić information content (AvgIpc) is 3.45. The number of unbranched alkanes of at least 4 members (excludes halogenated alkanes) is 48. The predicted octanol–water partition coefficient (Wildman–Crippen LogP) is 17.0. The average molecular weight is 1130 g/mol. The Hall–Kier alpha value is -1.16. The van der Waals surface area contributed by atoms with E-state index in [1.165, 1.54) is 276 Å². The molecule has 0 aromatic carbocycles. The van der Waals surface area contributed by atoms with Gasteiger partial charge in [-0.15, -0.1) is 0 Å². The smallest absolute Gasteiger partial charge is 0.394 e. The lowest BCUT2D eigenvalue weighted by molar-refractivity contribution is -0.298. The van der Waals surface area contributed by atoms with E-state index in [1.54, 1.807) is 6.08 Å². The highest BCUT2D eigenvalue weighted by molar-refractivity contribution is 7.80. The second kappa shape index (κ2) is 55.1. The summed E-state index contributed by atoms with van der Waals surface area (Å²) in [5.41, 5.74) is 0. The summed E-state index contributed by atoms with van der Waals surface area (Å²) in [6.07, 6.45) is 59.9. The lowest BCUT2D eigenvalue weighted by atomic mass is 9.99. The van der Waals surface area contributed by atoms with Gasteiger partial charge in [-0.05, 0) is 19.3 Å². The van der Waals surface area contributed by atoms with Gasteiger partial charge in [-0.25, -0.2) is 4.18 Å². The van der Waals surface area contributed by atoms with Crippen LogP contribution in [0.4, 0.5) is 0 Å². The fraction of sp³-hybridized carbons (Fsp3) is 0.954. The molecule has 0 aliphatic carbocycles. The minimum absolute atomic E-state index is 0.253. The number of amides is 1. The van der Waals surface area contributed by atoms with Gasteiger partial charge in [0.15, 0.2) is 6.29 Å². The first-order chi connectivity index (χ1) is 38.0. The van der Waals surface area contributed by atoms with E-state index in [2.05, 4.69) is 23.3 Å². The van der Waals surface area contributed by atoms with Crippen molar-refractivity contribution in [2.45, 2.75) is 384 Å². The molecule has 1 heterocycles. The first-order valence-corrected chi connectivity index (χ1v) is 34.9. The maximum atomic E-state index is 13.2. The van der Waals surface area contributed by atoms with E-state index in [0.717, 1.165) is 38.5 Å². The summed E-state index contributed by atoms with van der Waals surface area (Å²) in [4.78, 5) is 13.2. The number of ether oxygens (including phenoxy) is 2. The van der Waals surface area contributed by atoms with Crippen molar-refractivity contribution in [3.05, 3.63) is 12.2 Å². The zero-order chi connectivity index (χ0) is 56.8. The number of aliphatic hydroxyl groups is 4. The lowest BCUT2D eigenvalue weighted by Crippen LogP contribution is -2.61. The van der Waals surface area contributed by atoms with Crippen LogP contribution in [-0.2, 0) is 28.9 Å². The highest BCUT2D eigenvalue weighted by Crippen LogP contribution is 2.26. The summed E-state index contributed by atoms with van der Waals surface area (Å²) < 4.78 is 48.0. The third kappa shape index (κ3) is 46.3. The summed E-state index contributed by atoms with van der Waals surface area (Å²) in [6, 6.07) is -0.941. The molecule has 1 aliphatic rings. The summed E-state index contributed by atoms with van der Waals surface area (Å²) in [6.45, 7) is 3.47. The van der Waals surface area contributed by atoms with Crippen LogP contribution in [0.5, 0.6) is 0 Å². The Kier molecular flexibility index (Phi) is 52.8. The quantitative estimate of drug-likeness (QED) is 0.0193. The number of rotatable bonds is 60. The van der Waals surface area contributed by atoms with Crippen molar-refractivity contribution in [3.63, 3.8) is 0 Å². The molecule has 12 nitrogen and oxygen atoms in total. The standard InChI is InChI=1S/C65H127NO11S/c1-3-5-7-9-11-13-15-17-19-21-23-25-27-29-31-33-35-37-39-41-43-45-47-49-51-53-55-61(69)66-58(57-75-65-63(71)64(77-78(72,73)74)62(70)60(56-67)76-65)59(68)54-52-50-48-46-44-42-40-38-36-34-32-30-28-26-24-22-20-18-16-14-12-10-8-6-4-2/h52,54,58-60,62-65,67-68,70-71H,3-51,53,55-57H2,1-2H3,(H,66,69)(H,72,73,74)/b54-52+. The Morgan fingerprint density at radius 3 is 1.12 bits per heavy atom. The molecule has 1 rings (SSSR count). The van der Waals surface area contributed by atoms with Crippen LogP contribution < -0.4 is 5.32 Å². The van der Waals surface area contributed by atoms with Crippen molar-refractivity contribution in [1.29, 1.82) is 0 Å². The molecule has 13 heteroatoms. The Morgan fingerprint density at radius 2 is 0.808 bits per heavy atom. The molecule has 0 saturated carbocycles. The molecule has 7 atom stereocenters. The molecule has 464 valence electrons. The predicted molar refractivity (Wildman–Crippen MR) is 324 cm³/mol. The second-order valence-electron chi connectivity index (χ2n) is 23.8. The van der Waals surface area contributed by atoms with Crippen LogP contribution in [0.2, 0.25) is 0 Å². The van der Waals surface area contributed by atoms with E-state index in [-0.39, 0.29) is 18.9 Å². The number of carbonyl (C=O) groups is 1. The number of aliphatic hydroxyl groups excluding tert-OH is 4. The normalized spacial score (nSPS) is 18.8. The first-order valence-electron chi connectivity index (χ1n) is 33.6. The second-order valence-corrected chi connectivity index (χ2v) is 24.8. The fourth-order valence-corrected chi connectivity index (χ4v) is 11.7. The molecule has 0 bridgehead atoms. The van der Waals surface area contributed by atoms with Crippen LogP contribution in [-0.4, -0.2) is 95.4 Å². The van der Waals surface area contributed by atoms with E-state index < -0.39 is 59.9 Å². The van der Waals surface area contributed by atoms with Gasteiger partial charge in [0, 0.05) is 6.42 Å². The molecule has 0 aromatic rings. The van der Waals surface area contributed by atoms with Crippen LogP contribution in [0.15, 0.2) is 12.2 Å². The molecule has 0 aromatic heterocycles. The molecule has 1 saturated heterocycles. The lowest BCUT2D eigenvalue weighted by Gasteiger charge is -2.41. The molecular weight excluding hydrogens is 1000 g/mol. The van der Waals surface area contributed by atoms with Crippen LogP contribution in [0.1, 0.15) is 341 Å². The minimum atomic E-state index is -5.09. The zero-order valence-electron chi connectivity index (χ0n) is 50.8. The summed E-state index contributed by atoms with van der Waals surface area (Å²) >= 11 is 0. The van der Waals surface area contributed by atoms with Gasteiger partial charge in [0.25, 0.3) is 0 Å².